The van der Waals surface area contributed by atoms with E-state index in [0.717, 1.165) is 13.1 Å². The van der Waals surface area contributed by atoms with Crippen molar-refractivity contribution in [1.82, 2.24) is 5.32 Å². The zero-order valence-electron chi connectivity index (χ0n) is 9.62. The first-order valence-electron chi connectivity index (χ1n) is 5.59. The number of ether oxygens (including phenoxy) is 1. The number of nitrogens with two attached hydrogens (primary N) is 1. The van der Waals surface area contributed by atoms with E-state index in [4.69, 9.17) is 10.5 Å². The van der Waals surface area contributed by atoms with Crippen LogP contribution in [0.2, 0.25) is 0 Å². The quantitative estimate of drug-likeness (QED) is 0.638. The minimum atomic E-state index is -0.434. The Hall–Kier alpha value is -0.610. The van der Waals surface area contributed by atoms with Crippen LogP contribution in [0.15, 0.2) is 0 Å². The molecule has 0 amide bonds. The number of fused-ring (bicyclic) bond motifs is 1. The maximum Gasteiger partial charge on any atom is 0.323 e. The highest BCUT2D eigenvalue weighted by Crippen LogP contribution is 2.50. The van der Waals surface area contributed by atoms with Crippen LogP contribution in [0.5, 0.6) is 0 Å². The Bertz CT molecular complexity index is 262. The molecule has 0 aromatic heterocycles. The number of rotatable bonds is 2. The lowest BCUT2D eigenvalue weighted by molar-refractivity contribution is -0.157. The van der Waals surface area contributed by atoms with Crippen molar-refractivity contribution in [1.29, 1.82) is 0 Å². The van der Waals surface area contributed by atoms with E-state index in [-0.39, 0.29) is 5.97 Å². The molecule has 4 atom stereocenters. The Morgan fingerprint density at radius 3 is 2.40 bits per heavy atom. The van der Waals surface area contributed by atoms with Gasteiger partial charge in [0.2, 0.25) is 0 Å². The van der Waals surface area contributed by atoms with Gasteiger partial charge in [0.15, 0.2) is 0 Å². The molecule has 1 aliphatic heterocycles. The second-order valence-corrected chi connectivity index (χ2v) is 5.62. The molecule has 2 aliphatic rings. The second-order valence-electron chi connectivity index (χ2n) is 5.62. The number of esters is 1. The number of piperidine rings is 1. The summed E-state index contributed by atoms with van der Waals surface area (Å²) < 4.78 is 5.28. The maximum absolute atomic E-state index is 11.7. The smallest absolute Gasteiger partial charge is 0.323 e. The standard InChI is InChI=1S/C11H20N2O2/c1-11(2,3)15-10(14)9(12)8-6-4-13-5-7(6)8/h6-9,13H,4-5,12H2,1-3H3/t6-,7+,8+,9?. The van der Waals surface area contributed by atoms with Crippen molar-refractivity contribution in [2.45, 2.75) is 32.4 Å². The molecule has 15 heavy (non-hydrogen) atoms. The molecule has 1 unspecified atom stereocenters. The van der Waals surface area contributed by atoms with Crippen molar-refractivity contribution in [2.24, 2.45) is 23.5 Å². The van der Waals surface area contributed by atoms with Gasteiger partial charge in [-0.2, -0.15) is 0 Å². The first-order valence-corrected chi connectivity index (χ1v) is 5.59. The first-order chi connectivity index (χ1) is 6.90. The first kappa shape index (κ1) is 10.9. The zero-order valence-corrected chi connectivity index (χ0v) is 9.62. The summed E-state index contributed by atoms with van der Waals surface area (Å²) in [6.45, 7) is 7.62. The summed E-state index contributed by atoms with van der Waals surface area (Å²) in [5, 5.41) is 3.29. The average molecular weight is 212 g/mol. The summed E-state index contributed by atoms with van der Waals surface area (Å²) in [5.41, 5.74) is 5.48. The van der Waals surface area contributed by atoms with Gasteiger partial charge in [-0.05, 0) is 51.6 Å². The van der Waals surface area contributed by atoms with Crippen LogP contribution in [-0.2, 0) is 9.53 Å². The van der Waals surface area contributed by atoms with Crippen molar-refractivity contribution < 1.29 is 9.53 Å². The second kappa shape index (κ2) is 3.46. The molecule has 4 nitrogen and oxygen atoms in total. The SMILES string of the molecule is CC(C)(C)OC(=O)C(N)[C@H]1[C@@H]2CNC[C@@H]21. The molecule has 3 N–H and O–H groups in total. The molecule has 1 saturated carbocycles. The van der Waals surface area contributed by atoms with Crippen molar-refractivity contribution in [3.05, 3.63) is 0 Å². The van der Waals surface area contributed by atoms with Crippen LogP contribution < -0.4 is 11.1 Å². The summed E-state index contributed by atoms with van der Waals surface area (Å²) in [6, 6.07) is -0.429. The molecule has 1 heterocycles. The number of nitrogens with one attached hydrogen (secondary N) is 1. The van der Waals surface area contributed by atoms with Crippen LogP contribution in [0.4, 0.5) is 0 Å². The van der Waals surface area contributed by atoms with E-state index in [1.165, 1.54) is 0 Å². The summed E-state index contributed by atoms with van der Waals surface area (Å²) in [4.78, 5) is 11.7. The van der Waals surface area contributed by atoms with Gasteiger partial charge in [0.05, 0.1) is 0 Å². The zero-order chi connectivity index (χ0) is 11.2. The van der Waals surface area contributed by atoms with Gasteiger partial charge < -0.3 is 15.8 Å². The molecule has 2 fully saturated rings. The van der Waals surface area contributed by atoms with E-state index in [9.17, 15) is 4.79 Å². The molecule has 0 aromatic rings. The van der Waals surface area contributed by atoms with Crippen LogP contribution in [0.3, 0.4) is 0 Å². The average Bonchev–Trinajstić information content (AvgIpc) is 2.54. The van der Waals surface area contributed by atoms with Gasteiger partial charge in [0.25, 0.3) is 0 Å². The van der Waals surface area contributed by atoms with Crippen LogP contribution in [0.1, 0.15) is 20.8 Å². The number of carbonyl (C=O) groups excluding carboxylic acids is 1. The van der Waals surface area contributed by atoms with Crippen molar-refractivity contribution in [3.63, 3.8) is 0 Å². The van der Waals surface area contributed by atoms with Crippen LogP contribution in [0, 0.1) is 17.8 Å². The van der Waals surface area contributed by atoms with E-state index >= 15 is 0 Å². The van der Waals surface area contributed by atoms with Crippen molar-refractivity contribution >= 4 is 5.97 Å². The maximum atomic E-state index is 11.7. The fourth-order valence-corrected chi connectivity index (χ4v) is 2.53. The lowest BCUT2D eigenvalue weighted by Crippen LogP contribution is -2.41. The molecule has 0 bridgehead atoms. The van der Waals surface area contributed by atoms with Crippen molar-refractivity contribution in [3.8, 4) is 0 Å². The minimum absolute atomic E-state index is 0.248. The Morgan fingerprint density at radius 1 is 1.40 bits per heavy atom. The van der Waals surface area contributed by atoms with Gasteiger partial charge in [-0.25, -0.2) is 0 Å². The van der Waals surface area contributed by atoms with Gasteiger partial charge in [-0.1, -0.05) is 0 Å². The van der Waals surface area contributed by atoms with Crippen molar-refractivity contribution in [2.75, 3.05) is 13.1 Å². The molecule has 4 heteroatoms. The predicted molar refractivity (Wildman–Crippen MR) is 57.2 cm³/mol. The monoisotopic (exact) mass is 212 g/mol. The normalized spacial score (nSPS) is 35.9. The summed E-state index contributed by atoms with van der Waals surface area (Å²) in [7, 11) is 0. The highest BCUT2D eigenvalue weighted by atomic mass is 16.6. The highest BCUT2D eigenvalue weighted by Gasteiger charge is 2.57. The molecule has 86 valence electrons. The fourth-order valence-electron chi connectivity index (χ4n) is 2.53. The Morgan fingerprint density at radius 2 is 1.93 bits per heavy atom. The number of hydrogen-bond donors (Lipinski definition) is 2. The van der Waals surface area contributed by atoms with E-state index in [2.05, 4.69) is 5.32 Å². The third kappa shape index (κ3) is 2.16. The predicted octanol–water partition coefficient (Wildman–Crippen LogP) is 0.121. The summed E-state index contributed by atoms with van der Waals surface area (Å²) in [5.74, 6) is 1.31. The summed E-state index contributed by atoms with van der Waals surface area (Å²) >= 11 is 0. The Balaban J connectivity index is 1.87. The number of carbonyl (C=O) groups is 1. The topological polar surface area (TPSA) is 64.3 Å². The molecule has 1 saturated heterocycles. The molecular weight excluding hydrogens is 192 g/mol. The van der Waals surface area contributed by atoms with Crippen LogP contribution in [0.25, 0.3) is 0 Å². The van der Waals surface area contributed by atoms with Gasteiger partial charge in [-0.15, -0.1) is 0 Å². The lowest BCUT2D eigenvalue weighted by atomic mass is 10.1. The summed E-state index contributed by atoms with van der Waals surface area (Å²) in [6.07, 6.45) is 0. The third-order valence-corrected chi connectivity index (χ3v) is 3.25. The van der Waals surface area contributed by atoms with Gasteiger partial charge in [-0.3, -0.25) is 4.79 Å². The minimum Gasteiger partial charge on any atom is -0.459 e. The Labute approximate surface area is 90.5 Å². The van der Waals surface area contributed by atoms with Crippen LogP contribution >= 0.6 is 0 Å². The van der Waals surface area contributed by atoms with Gasteiger partial charge >= 0.3 is 5.97 Å². The molecule has 0 spiro atoms. The molecule has 2 rings (SSSR count). The molecule has 1 aliphatic carbocycles. The highest BCUT2D eigenvalue weighted by molar-refractivity contribution is 5.77. The van der Waals surface area contributed by atoms with E-state index in [1.807, 2.05) is 20.8 Å². The van der Waals surface area contributed by atoms with E-state index in [0.29, 0.717) is 17.8 Å². The lowest BCUT2D eigenvalue weighted by Gasteiger charge is -2.22. The Kier molecular flexibility index (Phi) is 2.51. The van der Waals surface area contributed by atoms with Gasteiger partial charge in [0.1, 0.15) is 11.6 Å². The van der Waals surface area contributed by atoms with E-state index < -0.39 is 11.6 Å². The number of hydrogen-bond acceptors (Lipinski definition) is 4. The largest absolute Gasteiger partial charge is 0.459 e. The third-order valence-electron chi connectivity index (χ3n) is 3.25. The van der Waals surface area contributed by atoms with E-state index in [1.54, 1.807) is 0 Å². The molecular formula is C11H20N2O2. The molecule has 0 radical (unpaired) electrons. The van der Waals surface area contributed by atoms with Crippen LogP contribution in [-0.4, -0.2) is 30.7 Å². The fraction of sp³-hybridized carbons (Fsp3) is 0.909. The van der Waals surface area contributed by atoms with Gasteiger partial charge in [0, 0.05) is 0 Å². The molecule has 0 aromatic carbocycles.